The van der Waals surface area contributed by atoms with Gasteiger partial charge in [0.15, 0.2) is 0 Å². The predicted molar refractivity (Wildman–Crippen MR) is 72.4 cm³/mol. The zero-order valence-corrected chi connectivity index (χ0v) is 10.7. The Bertz CT molecular complexity index is 532. The lowest BCUT2D eigenvalue weighted by Gasteiger charge is -2.12. The van der Waals surface area contributed by atoms with Gasteiger partial charge in [0.05, 0.1) is 0 Å². The molecule has 1 atom stereocenters. The molecule has 3 heteroatoms. The second kappa shape index (κ2) is 6.16. The van der Waals surface area contributed by atoms with Gasteiger partial charge in [-0.1, -0.05) is 54.6 Å². The molecule has 0 aliphatic rings. The van der Waals surface area contributed by atoms with Crippen molar-refractivity contribution in [3.8, 4) is 0 Å². The first kappa shape index (κ1) is 13.3. The van der Waals surface area contributed by atoms with Crippen molar-refractivity contribution in [2.24, 2.45) is 0 Å². The first-order valence-electron chi connectivity index (χ1n) is 6.12. The Morgan fingerprint density at radius 1 is 1.05 bits per heavy atom. The van der Waals surface area contributed by atoms with Crippen molar-refractivity contribution in [2.45, 2.75) is 19.6 Å². The molecule has 0 fully saturated rings. The summed E-state index contributed by atoms with van der Waals surface area (Å²) in [7, 11) is 0. The Morgan fingerprint density at radius 2 is 1.63 bits per heavy atom. The third kappa shape index (κ3) is 3.66. The molecule has 0 saturated carbocycles. The lowest BCUT2D eigenvalue weighted by molar-refractivity contribution is -0.142. The fourth-order valence-electron chi connectivity index (χ4n) is 1.81. The quantitative estimate of drug-likeness (QED) is 0.856. The molecule has 1 N–H and O–H groups in total. The van der Waals surface area contributed by atoms with Crippen molar-refractivity contribution < 1.29 is 14.6 Å². The molecular formula is C16H16O3. The van der Waals surface area contributed by atoms with Crippen LogP contribution in [0.4, 0.5) is 0 Å². The van der Waals surface area contributed by atoms with Gasteiger partial charge >= 0.3 is 5.97 Å². The summed E-state index contributed by atoms with van der Waals surface area (Å²) >= 11 is 0. The van der Waals surface area contributed by atoms with Crippen molar-refractivity contribution in [3.63, 3.8) is 0 Å². The zero-order chi connectivity index (χ0) is 13.7. The van der Waals surface area contributed by atoms with Crippen LogP contribution >= 0.6 is 0 Å². The number of carbonyl (C=O) groups is 1. The number of aliphatic hydroxyl groups is 1. The summed E-state index contributed by atoms with van der Waals surface area (Å²) in [6, 6.07) is 16.9. The summed E-state index contributed by atoms with van der Waals surface area (Å²) in [5, 5.41) is 10.2. The number of rotatable bonds is 4. The normalized spacial score (nSPS) is 11.9. The Labute approximate surface area is 112 Å². The van der Waals surface area contributed by atoms with Crippen LogP contribution in [0.2, 0.25) is 0 Å². The van der Waals surface area contributed by atoms with Crippen molar-refractivity contribution in [1.82, 2.24) is 0 Å². The Kier molecular flexibility index (Phi) is 4.31. The van der Waals surface area contributed by atoms with E-state index in [1.165, 1.54) is 6.92 Å². The van der Waals surface area contributed by atoms with Crippen LogP contribution < -0.4 is 0 Å². The smallest absolute Gasteiger partial charge is 0.302 e. The topological polar surface area (TPSA) is 46.5 Å². The third-order valence-corrected chi connectivity index (χ3v) is 2.85. The molecule has 0 saturated heterocycles. The molecule has 0 aliphatic heterocycles. The maximum Gasteiger partial charge on any atom is 0.302 e. The minimum Gasteiger partial charge on any atom is -0.461 e. The van der Waals surface area contributed by atoms with E-state index >= 15 is 0 Å². The Morgan fingerprint density at radius 3 is 2.21 bits per heavy atom. The van der Waals surface area contributed by atoms with Crippen LogP contribution in [0.3, 0.4) is 0 Å². The van der Waals surface area contributed by atoms with Crippen LogP contribution in [0.1, 0.15) is 29.7 Å². The second-order valence-electron chi connectivity index (χ2n) is 4.34. The molecule has 0 aliphatic carbocycles. The number of benzene rings is 2. The molecule has 2 rings (SSSR count). The van der Waals surface area contributed by atoms with Crippen molar-refractivity contribution in [2.75, 3.05) is 0 Å². The number of carbonyl (C=O) groups excluding carboxylic acids is 1. The van der Waals surface area contributed by atoms with Crippen LogP contribution in [-0.4, -0.2) is 11.1 Å². The lowest BCUT2D eigenvalue weighted by Crippen LogP contribution is -2.01. The van der Waals surface area contributed by atoms with Gasteiger partial charge in [-0.2, -0.15) is 0 Å². The van der Waals surface area contributed by atoms with Crippen molar-refractivity contribution >= 4 is 5.97 Å². The average Bonchev–Trinajstić information content (AvgIpc) is 2.46. The number of esters is 1. The number of ether oxygens (including phenoxy) is 1. The van der Waals surface area contributed by atoms with Gasteiger partial charge in [0.1, 0.15) is 12.7 Å². The number of hydrogen-bond donors (Lipinski definition) is 1. The van der Waals surface area contributed by atoms with E-state index in [4.69, 9.17) is 4.74 Å². The van der Waals surface area contributed by atoms with E-state index in [0.29, 0.717) is 0 Å². The summed E-state index contributed by atoms with van der Waals surface area (Å²) in [6.07, 6.45) is -0.635. The third-order valence-electron chi connectivity index (χ3n) is 2.85. The van der Waals surface area contributed by atoms with Gasteiger partial charge in [0.2, 0.25) is 0 Å². The van der Waals surface area contributed by atoms with Crippen molar-refractivity contribution in [1.29, 1.82) is 0 Å². The number of aliphatic hydroxyl groups excluding tert-OH is 1. The SMILES string of the molecule is CC(=O)OCc1ccc(C(O)c2ccccc2)cc1. The largest absolute Gasteiger partial charge is 0.461 e. The highest BCUT2D eigenvalue weighted by Crippen LogP contribution is 2.21. The van der Waals surface area contributed by atoms with Crippen LogP contribution in [0.15, 0.2) is 54.6 Å². The van der Waals surface area contributed by atoms with E-state index in [1.807, 2.05) is 54.6 Å². The van der Waals surface area contributed by atoms with E-state index in [0.717, 1.165) is 16.7 Å². The molecule has 0 bridgehead atoms. The Balaban J connectivity index is 2.08. The highest BCUT2D eigenvalue weighted by atomic mass is 16.5. The molecule has 0 heterocycles. The summed E-state index contributed by atoms with van der Waals surface area (Å²) < 4.78 is 4.91. The van der Waals surface area contributed by atoms with Crippen LogP contribution in [0, 0.1) is 0 Å². The van der Waals surface area contributed by atoms with Gasteiger partial charge in [-0.05, 0) is 16.7 Å². The van der Waals surface area contributed by atoms with Crippen LogP contribution in [0.5, 0.6) is 0 Å². The van der Waals surface area contributed by atoms with Gasteiger partial charge in [-0.3, -0.25) is 4.79 Å². The summed E-state index contributed by atoms with van der Waals surface area (Å²) in [6.45, 7) is 1.64. The predicted octanol–water partition coefficient (Wildman–Crippen LogP) is 2.83. The van der Waals surface area contributed by atoms with Gasteiger partial charge in [-0.15, -0.1) is 0 Å². The van der Waals surface area contributed by atoms with Gasteiger partial charge < -0.3 is 9.84 Å². The molecule has 0 aromatic heterocycles. The molecular weight excluding hydrogens is 240 g/mol. The van der Waals surface area contributed by atoms with Crippen LogP contribution in [-0.2, 0) is 16.1 Å². The average molecular weight is 256 g/mol. The van der Waals surface area contributed by atoms with E-state index in [1.54, 1.807) is 0 Å². The maximum atomic E-state index is 10.7. The van der Waals surface area contributed by atoms with Gasteiger partial charge in [-0.25, -0.2) is 0 Å². The van der Waals surface area contributed by atoms with Gasteiger partial charge in [0, 0.05) is 6.92 Å². The highest BCUT2D eigenvalue weighted by molar-refractivity contribution is 5.65. The molecule has 0 spiro atoms. The minimum absolute atomic E-state index is 0.261. The standard InChI is InChI=1S/C16H16O3/c1-12(17)19-11-13-7-9-15(10-8-13)16(18)14-5-3-2-4-6-14/h2-10,16,18H,11H2,1H3. The second-order valence-corrected chi connectivity index (χ2v) is 4.34. The molecule has 98 valence electrons. The minimum atomic E-state index is -0.635. The highest BCUT2D eigenvalue weighted by Gasteiger charge is 2.09. The molecule has 2 aromatic carbocycles. The zero-order valence-electron chi connectivity index (χ0n) is 10.7. The fraction of sp³-hybridized carbons (Fsp3) is 0.188. The number of hydrogen-bond acceptors (Lipinski definition) is 3. The van der Waals surface area contributed by atoms with E-state index in [-0.39, 0.29) is 12.6 Å². The van der Waals surface area contributed by atoms with E-state index in [2.05, 4.69) is 0 Å². The lowest BCUT2D eigenvalue weighted by atomic mass is 10.0. The molecule has 19 heavy (non-hydrogen) atoms. The molecule has 0 amide bonds. The molecule has 0 radical (unpaired) electrons. The maximum absolute atomic E-state index is 10.7. The Hall–Kier alpha value is -2.13. The van der Waals surface area contributed by atoms with E-state index < -0.39 is 6.10 Å². The van der Waals surface area contributed by atoms with Crippen LogP contribution in [0.25, 0.3) is 0 Å². The first-order chi connectivity index (χ1) is 9.16. The van der Waals surface area contributed by atoms with Gasteiger partial charge in [0.25, 0.3) is 0 Å². The summed E-state index contributed by atoms with van der Waals surface area (Å²) in [5.41, 5.74) is 2.58. The van der Waals surface area contributed by atoms with Crippen molar-refractivity contribution in [3.05, 3.63) is 71.3 Å². The van der Waals surface area contributed by atoms with E-state index in [9.17, 15) is 9.90 Å². The molecule has 2 aromatic rings. The summed E-state index contributed by atoms with van der Waals surface area (Å²) in [4.78, 5) is 10.7. The fourth-order valence-corrected chi connectivity index (χ4v) is 1.81. The monoisotopic (exact) mass is 256 g/mol. The molecule has 1 unspecified atom stereocenters. The first-order valence-corrected chi connectivity index (χ1v) is 6.12. The molecule has 3 nitrogen and oxygen atoms in total. The summed E-state index contributed by atoms with van der Waals surface area (Å²) in [5.74, 6) is -0.298.